The molecule has 4 rings (SSSR count). The molecule has 4 nitrogen and oxygen atoms in total. The second kappa shape index (κ2) is 8.31. The third-order valence-electron chi connectivity index (χ3n) is 4.51. The van der Waals surface area contributed by atoms with Crippen molar-refractivity contribution in [1.82, 2.24) is 9.55 Å². The lowest BCUT2D eigenvalue weighted by Gasteiger charge is -2.13. The molecule has 0 amide bonds. The molecule has 0 aliphatic heterocycles. The number of fused-ring (bicyclic) bond motifs is 1. The zero-order valence-corrected chi connectivity index (χ0v) is 16.4. The molecule has 0 bridgehead atoms. The molecule has 0 N–H and O–H groups in total. The fraction of sp³-hybridized carbons (Fsp3) is 0.130. The van der Waals surface area contributed by atoms with E-state index in [0.717, 1.165) is 27.5 Å². The van der Waals surface area contributed by atoms with E-state index in [1.807, 2.05) is 72.8 Å². The van der Waals surface area contributed by atoms with Gasteiger partial charge in [0.15, 0.2) is 5.16 Å². The predicted molar refractivity (Wildman–Crippen MR) is 114 cm³/mol. The molecule has 140 valence electrons. The minimum absolute atomic E-state index is 0.0115. The van der Waals surface area contributed by atoms with Crippen LogP contribution >= 0.6 is 11.8 Å². The monoisotopic (exact) mass is 388 g/mol. The van der Waals surface area contributed by atoms with Crippen LogP contribution in [0.5, 0.6) is 5.75 Å². The molecule has 1 heterocycles. The van der Waals surface area contributed by atoms with Crippen LogP contribution in [0.15, 0.2) is 88.8 Å². The first-order valence-corrected chi connectivity index (χ1v) is 10.0. The topological polar surface area (TPSA) is 44.1 Å². The highest BCUT2D eigenvalue weighted by molar-refractivity contribution is 7.98. The first-order valence-electron chi connectivity index (χ1n) is 9.04. The molecule has 5 heteroatoms. The minimum Gasteiger partial charge on any atom is -0.497 e. The first-order chi connectivity index (χ1) is 13.7. The summed E-state index contributed by atoms with van der Waals surface area (Å²) in [6.45, 7) is 0.498. The van der Waals surface area contributed by atoms with Gasteiger partial charge in [-0.05, 0) is 35.4 Å². The lowest BCUT2D eigenvalue weighted by Crippen LogP contribution is -2.24. The molecule has 1 aromatic heterocycles. The van der Waals surface area contributed by atoms with Crippen molar-refractivity contribution in [2.75, 3.05) is 7.11 Å². The van der Waals surface area contributed by atoms with Gasteiger partial charge in [0.25, 0.3) is 5.56 Å². The summed E-state index contributed by atoms with van der Waals surface area (Å²) in [4.78, 5) is 17.9. The first kappa shape index (κ1) is 18.3. The number of ether oxygens (including phenoxy) is 1. The number of hydrogen-bond donors (Lipinski definition) is 0. The highest BCUT2D eigenvalue weighted by atomic mass is 32.2. The Hall–Kier alpha value is -3.05. The molecule has 0 radical (unpaired) electrons. The fourth-order valence-electron chi connectivity index (χ4n) is 3.07. The van der Waals surface area contributed by atoms with Gasteiger partial charge in [-0.25, -0.2) is 4.98 Å². The second-order valence-corrected chi connectivity index (χ2v) is 7.37. The highest BCUT2D eigenvalue weighted by Gasteiger charge is 2.12. The molecular formula is C23H20N2O2S. The van der Waals surface area contributed by atoms with Crippen molar-refractivity contribution in [2.24, 2.45) is 0 Å². The summed E-state index contributed by atoms with van der Waals surface area (Å²) >= 11 is 1.56. The molecule has 0 aliphatic rings. The SMILES string of the molecule is COc1cccc(CSc2nc3ccccc3c(=O)n2Cc2ccccc2)c1. The van der Waals surface area contributed by atoms with Crippen molar-refractivity contribution in [2.45, 2.75) is 17.5 Å². The van der Waals surface area contributed by atoms with Gasteiger partial charge in [0.05, 0.1) is 24.6 Å². The fourth-order valence-corrected chi connectivity index (χ4v) is 4.01. The van der Waals surface area contributed by atoms with Gasteiger partial charge in [0, 0.05) is 5.75 Å². The summed E-state index contributed by atoms with van der Waals surface area (Å²) in [7, 11) is 1.66. The molecular weight excluding hydrogens is 368 g/mol. The van der Waals surface area contributed by atoms with Gasteiger partial charge in [-0.15, -0.1) is 0 Å². The normalized spacial score (nSPS) is 10.9. The van der Waals surface area contributed by atoms with Gasteiger partial charge in [0.2, 0.25) is 0 Å². The molecule has 0 spiro atoms. The molecule has 0 fully saturated rings. The number of rotatable bonds is 6. The van der Waals surface area contributed by atoms with E-state index in [1.165, 1.54) is 0 Å². The Morgan fingerprint density at radius 1 is 0.929 bits per heavy atom. The largest absolute Gasteiger partial charge is 0.497 e. The number of methoxy groups -OCH3 is 1. The lowest BCUT2D eigenvalue weighted by molar-refractivity contribution is 0.414. The zero-order chi connectivity index (χ0) is 19.3. The van der Waals surface area contributed by atoms with Gasteiger partial charge in [-0.3, -0.25) is 9.36 Å². The number of benzene rings is 3. The van der Waals surface area contributed by atoms with Crippen LogP contribution in [-0.4, -0.2) is 16.7 Å². The van der Waals surface area contributed by atoms with Crippen molar-refractivity contribution in [1.29, 1.82) is 0 Å². The summed E-state index contributed by atoms with van der Waals surface area (Å²) < 4.78 is 7.07. The van der Waals surface area contributed by atoms with Crippen molar-refractivity contribution in [3.05, 3.63) is 100 Å². The van der Waals surface area contributed by atoms with Gasteiger partial charge in [-0.1, -0.05) is 66.4 Å². The van der Waals surface area contributed by atoms with Crippen molar-refractivity contribution < 1.29 is 4.74 Å². The Morgan fingerprint density at radius 2 is 1.68 bits per heavy atom. The van der Waals surface area contributed by atoms with E-state index in [4.69, 9.17) is 9.72 Å². The van der Waals surface area contributed by atoms with E-state index < -0.39 is 0 Å². The van der Waals surface area contributed by atoms with Crippen molar-refractivity contribution >= 4 is 22.7 Å². The summed E-state index contributed by atoms with van der Waals surface area (Å²) in [5.41, 5.74) is 2.91. The molecule has 4 aromatic rings. The van der Waals surface area contributed by atoms with Gasteiger partial charge in [-0.2, -0.15) is 0 Å². The van der Waals surface area contributed by atoms with Crippen molar-refractivity contribution in [3.63, 3.8) is 0 Å². The maximum Gasteiger partial charge on any atom is 0.262 e. The van der Waals surface area contributed by atoms with Gasteiger partial charge in [0.1, 0.15) is 5.75 Å². The number of nitrogens with zero attached hydrogens (tertiary/aromatic N) is 2. The Bertz CT molecular complexity index is 1160. The van der Waals surface area contributed by atoms with Crippen LogP contribution in [-0.2, 0) is 12.3 Å². The minimum atomic E-state index is -0.0115. The third kappa shape index (κ3) is 3.94. The van der Waals surface area contributed by atoms with Crippen molar-refractivity contribution in [3.8, 4) is 5.75 Å². The second-order valence-electron chi connectivity index (χ2n) is 6.43. The Labute approximate surface area is 167 Å². The van der Waals surface area contributed by atoms with Crippen LogP contribution in [0.1, 0.15) is 11.1 Å². The molecule has 0 atom stereocenters. The molecule has 0 unspecified atom stereocenters. The Morgan fingerprint density at radius 3 is 2.50 bits per heavy atom. The maximum atomic E-state index is 13.2. The molecule has 28 heavy (non-hydrogen) atoms. The van der Waals surface area contributed by atoms with E-state index in [9.17, 15) is 4.79 Å². The smallest absolute Gasteiger partial charge is 0.262 e. The van der Waals surface area contributed by atoms with Crippen LogP contribution in [0.2, 0.25) is 0 Å². The van der Waals surface area contributed by atoms with E-state index >= 15 is 0 Å². The molecule has 0 aliphatic carbocycles. The van der Waals surface area contributed by atoms with E-state index in [2.05, 4.69) is 6.07 Å². The van der Waals surface area contributed by atoms with E-state index in [0.29, 0.717) is 17.7 Å². The van der Waals surface area contributed by atoms with Crippen LogP contribution in [0.4, 0.5) is 0 Å². The summed E-state index contributed by atoms with van der Waals surface area (Å²) in [6, 6.07) is 25.5. The van der Waals surface area contributed by atoms with Crippen LogP contribution in [0.3, 0.4) is 0 Å². The number of aromatic nitrogens is 2. The summed E-state index contributed by atoms with van der Waals surface area (Å²) in [5, 5.41) is 1.36. The summed E-state index contributed by atoms with van der Waals surface area (Å²) in [5.74, 6) is 1.53. The highest BCUT2D eigenvalue weighted by Crippen LogP contribution is 2.24. The van der Waals surface area contributed by atoms with Crippen LogP contribution < -0.4 is 10.3 Å². The number of thioether (sulfide) groups is 1. The average molecular weight is 388 g/mol. The third-order valence-corrected chi connectivity index (χ3v) is 5.56. The maximum absolute atomic E-state index is 13.2. The zero-order valence-electron chi connectivity index (χ0n) is 15.5. The lowest BCUT2D eigenvalue weighted by atomic mass is 10.2. The van der Waals surface area contributed by atoms with Gasteiger partial charge >= 0.3 is 0 Å². The quantitative estimate of drug-likeness (QED) is 0.353. The van der Waals surface area contributed by atoms with E-state index in [1.54, 1.807) is 23.4 Å². The number of hydrogen-bond acceptors (Lipinski definition) is 4. The predicted octanol–water partition coefficient (Wildman–Crippen LogP) is 4.75. The Kier molecular flexibility index (Phi) is 5.44. The standard InChI is InChI=1S/C23H20N2O2S/c1-27-19-11-7-10-18(14-19)16-28-23-24-21-13-6-5-12-20(21)22(26)25(23)15-17-8-3-2-4-9-17/h2-14H,15-16H2,1H3. The van der Waals surface area contributed by atoms with Gasteiger partial charge < -0.3 is 4.74 Å². The molecule has 0 saturated carbocycles. The van der Waals surface area contributed by atoms with E-state index in [-0.39, 0.29) is 5.56 Å². The average Bonchev–Trinajstić information content (AvgIpc) is 2.75. The Balaban J connectivity index is 1.72. The number of para-hydroxylation sites is 1. The van der Waals surface area contributed by atoms with Crippen LogP contribution in [0, 0.1) is 0 Å². The molecule has 3 aromatic carbocycles. The summed E-state index contributed by atoms with van der Waals surface area (Å²) in [6.07, 6.45) is 0. The van der Waals surface area contributed by atoms with Crippen LogP contribution in [0.25, 0.3) is 10.9 Å². The molecule has 0 saturated heterocycles.